The van der Waals surface area contributed by atoms with Crippen molar-refractivity contribution in [1.29, 1.82) is 0 Å². The second-order valence-electron chi connectivity index (χ2n) is 11.0. The average molecular weight is 629 g/mol. The van der Waals surface area contributed by atoms with E-state index in [4.69, 9.17) is 4.74 Å². The third-order valence-corrected chi connectivity index (χ3v) is 9.39. The lowest BCUT2D eigenvalue weighted by atomic mass is 9.59. The third-order valence-electron chi connectivity index (χ3n) is 8.80. The number of non-ortho nitro benzene ring substituents is 1. The Morgan fingerprint density at radius 1 is 1.02 bits per heavy atom. The second kappa shape index (κ2) is 9.45. The van der Waals surface area contributed by atoms with Crippen LogP contribution < -0.4 is 9.64 Å². The molecule has 2 heterocycles. The van der Waals surface area contributed by atoms with Gasteiger partial charge in [-0.25, -0.2) is 0 Å². The molecule has 2 aliphatic heterocycles. The fourth-order valence-electron chi connectivity index (χ4n) is 6.99. The molecule has 11 heteroatoms. The van der Waals surface area contributed by atoms with Gasteiger partial charge in [0, 0.05) is 47.3 Å². The lowest BCUT2D eigenvalue weighted by Gasteiger charge is -2.43. The molecule has 0 aromatic heterocycles. The van der Waals surface area contributed by atoms with Crippen LogP contribution in [0.5, 0.6) is 11.5 Å². The van der Waals surface area contributed by atoms with E-state index in [2.05, 4.69) is 15.9 Å². The summed E-state index contributed by atoms with van der Waals surface area (Å²) in [7, 11) is 0. The molecular weight excluding hydrogens is 608 g/mol. The number of hydrogen-bond donors (Lipinski definition) is 1. The fraction of sp³-hybridized carbons (Fsp3) is 0.226. The maximum Gasteiger partial charge on any atom is 0.269 e. The number of phenolic OH excluding ortho intramolecular Hbond substituents is 1. The molecule has 10 nitrogen and oxygen atoms in total. The van der Waals surface area contributed by atoms with E-state index in [9.17, 15) is 34.4 Å². The summed E-state index contributed by atoms with van der Waals surface area (Å²) in [5.41, 5.74) is 2.93. The van der Waals surface area contributed by atoms with Crippen LogP contribution in [0.15, 0.2) is 87.7 Å². The number of ketones is 2. The molecule has 42 heavy (non-hydrogen) atoms. The molecule has 0 radical (unpaired) electrons. The Morgan fingerprint density at radius 3 is 2.52 bits per heavy atom. The van der Waals surface area contributed by atoms with Crippen molar-refractivity contribution in [3.8, 4) is 11.5 Å². The fourth-order valence-corrected chi connectivity index (χ4v) is 7.44. The number of rotatable bonds is 3. The number of halogens is 1. The number of amides is 2. The SMILES string of the molecule is O=C1C=C(Br)C(=O)C2=C1[C@@H](C1=COc3ccc(O)cc3C1)C1=CC[C@@H]3C(=O)N(c4ccc([N+](=O)[O-])cc4)C(=O)[C@@H]3[C@@H]1C2. The molecule has 1 fully saturated rings. The number of benzene rings is 2. The first-order chi connectivity index (χ1) is 20.1. The van der Waals surface area contributed by atoms with Crippen molar-refractivity contribution in [2.45, 2.75) is 19.3 Å². The topological polar surface area (TPSA) is 144 Å². The molecule has 5 aliphatic rings. The second-order valence-corrected chi connectivity index (χ2v) is 11.8. The van der Waals surface area contributed by atoms with E-state index in [-0.39, 0.29) is 46.0 Å². The Morgan fingerprint density at radius 2 is 1.79 bits per heavy atom. The van der Waals surface area contributed by atoms with Crippen LogP contribution in [0, 0.1) is 33.8 Å². The maximum absolute atomic E-state index is 14.0. The predicted molar refractivity (Wildman–Crippen MR) is 151 cm³/mol. The largest absolute Gasteiger partial charge is 0.508 e. The molecule has 3 aliphatic carbocycles. The zero-order chi connectivity index (χ0) is 29.4. The first kappa shape index (κ1) is 26.3. The van der Waals surface area contributed by atoms with E-state index >= 15 is 0 Å². The molecule has 0 spiro atoms. The highest BCUT2D eigenvalue weighted by atomic mass is 79.9. The summed E-state index contributed by atoms with van der Waals surface area (Å²) in [6, 6.07) is 10.0. The maximum atomic E-state index is 14.0. The summed E-state index contributed by atoms with van der Waals surface area (Å²) in [6.07, 6.45) is 5.47. The summed E-state index contributed by atoms with van der Waals surface area (Å²) in [4.78, 5) is 66.1. The molecule has 2 amide bonds. The number of phenols is 1. The summed E-state index contributed by atoms with van der Waals surface area (Å²) in [5.74, 6) is -3.50. The van der Waals surface area contributed by atoms with E-state index in [1.807, 2.05) is 6.08 Å². The van der Waals surface area contributed by atoms with Crippen LogP contribution in [-0.2, 0) is 25.6 Å². The average Bonchev–Trinajstić information content (AvgIpc) is 3.23. The van der Waals surface area contributed by atoms with Gasteiger partial charge in [-0.1, -0.05) is 11.6 Å². The van der Waals surface area contributed by atoms with E-state index in [1.54, 1.807) is 18.4 Å². The summed E-state index contributed by atoms with van der Waals surface area (Å²) < 4.78 is 6.03. The van der Waals surface area contributed by atoms with Crippen molar-refractivity contribution in [3.05, 3.63) is 103 Å². The third kappa shape index (κ3) is 3.83. The number of nitro benzene ring substituents is 1. The van der Waals surface area contributed by atoms with Crippen LogP contribution in [0.2, 0.25) is 0 Å². The highest BCUT2D eigenvalue weighted by Gasteiger charge is 2.57. The molecular formula is C31H21BrN2O8. The van der Waals surface area contributed by atoms with Crippen molar-refractivity contribution < 1.29 is 33.9 Å². The molecule has 7 rings (SSSR count). The van der Waals surface area contributed by atoms with Crippen LogP contribution in [-0.4, -0.2) is 33.4 Å². The van der Waals surface area contributed by atoms with E-state index in [0.29, 0.717) is 34.5 Å². The highest BCUT2D eigenvalue weighted by molar-refractivity contribution is 9.12. The Labute approximate surface area is 246 Å². The molecule has 0 unspecified atom stereocenters. The van der Waals surface area contributed by atoms with E-state index in [0.717, 1.165) is 10.5 Å². The Balaban J connectivity index is 1.31. The molecule has 0 bridgehead atoms. The van der Waals surface area contributed by atoms with Crippen molar-refractivity contribution in [2.75, 3.05) is 4.90 Å². The number of nitrogens with zero attached hydrogens (tertiary/aromatic N) is 2. The van der Waals surface area contributed by atoms with Gasteiger partial charge in [-0.2, -0.15) is 0 Å². The smallest absolute Gasteiger partial charge is 0.269 e. The number of hydrogen-bond acceptors (Lipinski definition) is 8. The van der Waals surface area contributed by atoms with Crippen molar-refractivity contribution >= 4 is 50.7 Å². The number of ether oxygens (including phenoxy) is 1. The van der Waals surface area contributed by atoms with Crippen LogP contribution in [0.3, 0.4) is 0 Å². The number of aromatic hydroxyl groups is 1. The van der Waals surface area contributed by atoms with E-state index in [1.165, 1.54) is 36.4 Å². The lowest BCUT2D eigenvalue weighted by Crippen LogP contribution is -2.41. The minimum Gasteiger partial charge on any atom is -0.508 e. The molecule has 2 aromatic carbocycles. The van der Waals surface area contributed by atoms with Gasteiger partial charge in [-0.15, -0.1) is 0 Å². The molecule has 2 aromatic rings. The Kier molecular flexibility index (Phi) is 5.91. The van der Waals surface area contributed by atoms with Gasteiger partial charge in [0.1, 0.15) is 11.5 Å². The van der Waals surface area contributed by atoms with Crippen LogP contribution in [0.4, 0.5) is 11.4 Å². The summed E-state index contributed by atoms with van der Waals surface area (Å²) in [5, 5.41) is 21.2. The van der Waals surface area contributed by atoms with Gasteiger partial charge in [0.25, 0.3) is 5.69 Å². The number of nitro groups is 1. The standard InChI is InChI=1S/C31H21BrN2O8/c32-23-12-24(36)28-22(29(23)37)11-21-19(26(28)15-9-14-10-18(35)5-8-25(14)42-13-15)6-7-20-27(21)31(39)33(30(20)38)16-1-3-17(4-2-16)34(40)41/h1-6,8,10,12-13,20-21,26-27,35H,7,9,11H2/t20-,21+,26-,27-/m0/s1. The molecule has 4 atom stereocenters. The predicted octanol–water partition coefficient (Wildman–Crippen LogP) is 4.62. The number of imide groups is 1. The summed E-state index contributed by atoms with van der Waals surface area (Å²) in [6.45, 7) is 0. The molecule has 1 N–H and O–H groups in total. The zero-order valence-electron chi connectivity index (χ0n) is 21.8. The molecule has 0 saturated carbocycles. The lowest BCUT2D eigenvalue weighted by molar-refractivity contribution is -0.384. The Bertz CT molecular complexity index is 1780. The number of fused-ring (bicyclic) bond motifs is 4. The van der Waals surface area contributed by atoms with Crippen molar-refractivity contribution in [2.24, 2.45) is 23.7 Å². The van der Waals surface area contributed by atoms with Crippen LogP contribution in [0.1, 0.15) is 18.4 Å². The van der Waals surface area contributed by atoms with Gasteiger partial charge >= 0.3 is 0 Å². The van der Waals surface area contributed by atoms with Gasteiger partial charge in [-0.05, 0) is 70.6 Å². The van der Waals surface area contributed by atoms with E-state index < -0.39 is 40.4 Å². The summed E-state index contributed by atoms with van der Waals surface area (Å²) >= 11 is 3.22. The number of allylic oxidation sites excluding steroid dienone is 7. The quantitative estimate of drug-likeness (QED) is 0.170. The Hall–Kier alpha value is -4.64. The van der Waals surface area contributed by atoms with Crippen LogP contribution >= 0.6 is 15.9 Å². The van der Waals surface area contributed by atoms with Gasteiger partial charge < -0.3 is 9.84 Å². The number of carbonyl (C=O) groups is 4. The van der Waals surface area contributed by atoms with Gasteiger partial charge in [0.15, 0.2) is 11.6 Å². The number of anilines is 1. The van der Waals surface area contributed by atoms with Crippen molar-refractivity contribution in [3.63, 3.8) is 0 Å². The van der Waals surface area contributed by atoms with Crippen molar-refractivity contribution in [1.82, 2.24) is 0 Å². The monoisotopic (exact) mass is 628 g/mol. The first-order valence-corrected chi connectivity index (χ1v) is 14.1. The van der Waals surface area contributed by atoms with Gasteiger partial charge in [0.05, 0.1) is 33.2 Å². The van der Waals surface area contributed by atoms with Gasteiger partial charge in [0.2, 0.25) is 11.8 Å². The first-order valence-electron chi connectivity index (χ1n) is 13.3. The van der Waals surface area contributed by atoms with Gasteiger partial charge in [-0.3, -0.25) is 34.2 Å². The molecule has 1 saturated heterocycles. The minimum atomic E-state index is -0.779. The highest BCUT2D eigenvalue weighted by Crippen LogP contribution is 2.55. The number of Topliss-reactive ketones (excluding diaryl/α,β-unsaturated/α-hetero) is 1. The minimum absolute atomic E-state index is 0.0666. The number of carbonyl (C=O) groups excluding carboxylic acids is 4. The normalized spacial score (nSPS) is 26.4. The molecule has 210 valence electrons. The van der Waals surface area contributed by atoms with Crippen LogP contribution in [0.25, 0.3) is 0 Å². The zero-order valence-corrected chi connectivity index (χ0v) is 23.4.